The summed E-state index contributed by atoms with van der Waals surface area (Å²) < 4.78 is 4.77. The Morgan fingerprint density at radius 1 is 1.14 bits per heavy atom. The summed E-state index contributed by atoms with van der Waals surface area (Å²) in [6, 6.07) is 5.27. The molecule has 0 saturated heterocycles. The Labute approximate surface area is 165 Å². The van der Waals surface area contributed by atoms with Crippen LogP contribution in [0.15, 0.2) is 24.3 Å². The van der Waals surface area contributed by atoms with Crippen molar-refractivity contribution in [3.05, 3.63) is 57.6 Å². The van der Waals surface area contributed by atoms with Gasteiger partial charge in [-0.1, -0.05) is 12.1 Å². The Bertz CT molecular complexity index is 1100. The summed E-state index contributed by atoms with van der Waals surface area (Å²) in [4.78, 5) is 38.4. The molecule has 0 fully saturated rings. The second-order valence-corrected chi connectivity index (χ2v) is 7.54. The number of hydrogen-bond acceptors (Lipinski definition) is 8. The fourth-order valence-corrected chi connectivity index (χ4v) is 4.39. The zero-order chi connectivity index (χ0) is 21.2. The minimum absolute atomic E-state index is 0.0154. The minimum atomic E-state index is -1.71. The third-order valence-electron chi connectivity index (χ3n) is 5.67. The number of ketones is 2. The number of carbonyl (C=O) groups excluding carboxylic acids is 3. The number of aliphatic hydroxyl groups excluding tert-OH is 1. The lowest BCUT2D eigenvalue weighted by Crippen LogP contribution is -2.44. The number of benzene rings is 2. The molecule has 8 nitrogen and oxygen atoms in total. The molecule has 2 aliphatic rings. The van der Waals surface area contributed by atoms with Gasteiger partial charge in [0.05, 0.1) is 29.9 Å². The largest absolute Gasteiger partial charge is 0.507 e. The van der Waals surface area contributed by atoms with Gasteiger partial charge in [-0.05, 0) is 24.6 Å². The van der Waals surface area contributed by atoms with Crippen molar-refractivity contribution in [1.82, 2.24) is 0 Å². The van der Waals surface area contributed by atoms with Crippen LogP contribution in [0.5, 0.6) is 11.5 Å². The van der Waals surface area contributed by atoms with E-state index in [0.29, 0.717) is 0 Å². The molecule has 8 heteroatoms. The maximum absolute atomic E-state index is 13.0. The first-order valence-corrected chi connectivity index (χ1v) is 8.89. The zero-order valence-corrected chi connectivity index (χ0v) is 15.6. The molecule has 0 amide bonds. The number of rotatable bonds is 1. The van der Waals surface area contributed by atoms with Crippen molar-refractivity contribution in [3.63, 3.8) is 0 Å². The van der Waals surface area contributed by atoms with E-state index in [-0.39, 0.29) is 39.8 Å². The summed E-state index contributed by atoms with van der Waals surface area (Å²) in [5.74, 6) is -4.55. The van der Waals surface area contributed by atoms with E-state index in [4.69, 9.17) is 4.74 Å². The molecule has 3 atom stereocenters. The van der Waals surface area contributed by atoms with Crippen molar-refractivity contribution >= 4 is 17.5 Å². The molecule has 4 N–H and O–H groups in total. The van der Waals surface area contributed by atoms with E-state index >= 15 is 0 Å². The van der Waals surface area contributed by atoms with Crippen LogP contribution in [0.3, 0.4) is 0 Å². The number of carbonyl (C=O) groups is 3. The molecule has 2 aromatic carbocycles. The number of ether oxygens (including phenoxy) is 1. The van der Waals surface area contributed by atoms with E-state index in [1.807, 2.05) is 0 Å². The number of hydrogen-bond donors (Lipinski definition) is 4. The van der Waals surface area contributed by atoms with Crippen LogP contribution in [0.2, 0.25) is 0 Å². The molecule has 2 aliphatic carbocycles. The lowest BCUT2D eigenvalue weighted by molar-refractivity contribution is -0.151. The third-order valence-corrected chi connectivity index (χ3v) is 5.67. The topological polar surface area (TPSA) is 141 Å². The number of phenols is 2. The van der Waals surface area contributed by atoms with E-state index in [1.54, 1.807) is 0 Å². The Kier molecular flexibility index (Phi) is 4.04. The van der Waals surface area contributed by atoms with Crippen LogP contribution in [0, 0.1) is 0 Å². The molecule has 150 valence electrons. The molecule has 29 heavy (non-hydrogen) atoms. The first-order valence-electron chi connectivity index (χ1n) is 8.89. The molecule has 3 unspecified atom stereocenters. The van der Waals surface area contributed by atoms with Crippen LogP contribution in [0.1, 0.15) is 68.3 Å². The van der Waals surface area contributed by atoms with E-state index in [1.165, 1.54) is 31.2 Å². The Balaban J connectivity index is 2.05. The molecular formula is C21H18O8. The van der Waals surface area contributed by atoms with E-state index in [2.05, 4.69) is 0 Å². The normalized spacial score (nSPS) is 25.1. The van der Waals surface area contributed by atoms with Gasteiger partial charge in [0.15, 0.2) is 5.78 Å². The maximum Gasteiger partial charge on any atom is 0.316 e. The Morgan fingerprint density at radius 3 is 2.48 bits per heavy atom. The molecule has 0 aliphatic heterocycles. The van der Waals surface area contributed by atoms with Crippen LogP contribution in [-0.4, -0.2) is 50.7 Å². The van der Waals surface area contributed by atoms with Crippen molar-refractivity contribution < 1.29 is 39.5 Å². The van der Waals surface area contributed by atoms with E-state index in [9.17, 15) is 34.8 Å². The summed E-state index contributed by atoms with van der Waals surface area (Å²) in [6.45, 7) is 1.34. The zero-order valence-electron chi connectivity index (χ0n) is 15.6. The molecular weight excluding hydrogens is 380 g/mol. The molecule has 0 heterocycles. The third kappa shape index (κ3) is 2.49. The first kappa shape index (κ1) is 19.1. The second-order valence-electron chi connectivity index (χ2n) is 7.54. The highest BCUT2D eigenvalue weighted by atomic mass is 16.5. The van der Waals surface area contributed by atoms with Gasteiger partial charge in [0.25, 0.3) is 0 Å². The van der Waals surface area contributed by atoms with Crippen molar-refractivity contribution in [1.29, 1.82) is 0 Å². The highest BCUT2D eigenvalue weighted by molar-refractivity contribution is 6.30. The van der Waals surface area contributed by atoms with E-state index < -0.39 is 46.7 Å². The lowest BCUT2D eigenvalue weighted by atomic mass is 9.68. The Hall–Kier alpha value is -3.23. The van der Waals surface area contributed by atoms with E-state index in [0.717, 1.165) is 7.11 Å². The summed E-state index contributed by atoms with van der Waals surface area (Å²) in [6.07, 6.45) is -1.68. The van der Waals surface area contributed by atoms with Crippen LogP contribution in [0.25, 0.3) is 0 Å². The molecule has 0 saturated carbocycles. The predicted molar refractivity (Wildman–Crippen MR) is 98.0 cm³/mol. The lowest BCUT2D eigenvalue weighted by Gasteiger charge is -2.40. The second kappa shape index (κ2) is 6.13. The highest BCUT2D eigenvalue weighted by Gasteiger charge is 2.49. The van der Waals surface area contributed by atoms with Crippen LogP contribution in [-0.2, 0) is 9.53 Å². The number of esters is 1. The minimum Gasteiger partial charge on any atom is -0.507 e. The number of aromatic hydroxyl groups is 2. The summed E-state index contributed by atoms with van der Waals surface area (Å²) in [5, 5.41) is 42.2. The molecule has 2 aromatic rings. The number of phenolic OH excluding ortho intramolecular Hbond substituents is 2. The maximum atomic E-state index is 13.0. The molecule has 0 bridgehead atoms. The average molecular weight is 398 g/mol. The SMILES string of the molecule is COC(=O)C1c2cc3c(c(O)c2C(O)CC1(C)O)C(=O)c1c(O)cccc1C3=O. The quantitative estimate of drug-likeness (QED) is 0.450. The van der Waals surface area contributed by atoms with Gasteiger partial charge in [0.2, 0.25) is 5.78 Å². The monoisotopic (exact) mass is 398 g/mol. The van der Waals surface area contributed by atoms with Gasteiger partial charge < -0.3 is 25.2 Å². The molecule has 4 rings (SSSR count). The molecule has 0 spiro atoms. The summed E-state index contributed by atoms with van der Waals surface area (Å²) >= 11 is 0. The number of methoxy groups -OCH3 is 1. The average Bonchev–Trinajstić information content (AvgIpc) is 2.64. The van der Waals surface area contributed by atoms with Gasteiger partial charge in [-0.3, -0.25) is 14.4 Å². The first-order chi connectivity index (χ1) is 13.6. The fourth-order valence-electron chi connectivity index (χ4n) is 4.39. The summed E-state index contributed by atoms with van der Waals surface area (Å²) in [7, 11) is 1.13. The number of aliphatic hydroxyl groups is 2. The predicted octanol–water partition coefficient (Wildman–Crippen LogP) is 1.32. The van der Waals surface area contributed by atoms with Gasteiger partial charge in [0.1, 0.15) is 17.4 Å². The fraction of sp³-hybridized carbons (Fsp3) is 0.286. The van der Waals surface area contributed by atoms with Crippen molar-refractivity contribution in [3.8, 4) is 11.5 Å². The van der Waals surface area contributed by atoms with Crippen molar-refractivity contribution in [2.24, 2.45) is 0 Å². The Morgan fingerprint density at radius 2 is 1.83 bits per heavy atom. The smallest absolute Gasteiger partial charge is 0.316 e. The van der Waals surface area contributed by atoms with Crippen molar-refractivity contribution in [2.45, 2.75) is 31.0 Å². The van der Waals surface area contributed by atoms with Crippen LogP contribution >= 0.6 is 0 Å². The van der Waals surface area contributed by atoms with Gasteiger partial charge in [-0.15, -0.1) is 0 Å². The number of fused-ring (bicyclic) bond motifs is 3. The summed E-state index contributed by atoms with van der Waals surface area (Å²) in [5.41, 5.74) is -2.62. The van der Waals surface area contributed by atoms with Gasteiger partial charge in [-0.2, -0.15) is 0 Å². The van der Waals surface area contributed by atoms with Gasteiger partial charge in [0, 0.05) is 23.1 Å². The van der Waals surface area contributed by atoms with Crippen molar-refractivity contribution in [2.75, 3.05) is 7.11 Å². The van der Waals surface area contributed by atoms with Gasteiger partial charge in [-0.25, -0.2) is 0 Å². The highest BCUT2D eigenvalue weighted by Crippen LogP contribution is 2.51. The standard InChI is InChI=1S/C21H18O8/c1-21(28)7-12(23)14-9(16(21)20(27)29-2)6-10-15(19(14)26)18(25)13-8(17(10)24)4-3-5-11(13)22/h3-6,12,16,22-23,26,28H,7H2,1-2H3. The van der Waals surface area contributed by atoms with Crippen LogP contribution < -0.4 is 0 Å². The molecule has 0 radical (unpaired) electrons. The molecule has 0 aromatic heterocycles. The van der Waals surface area contributed by atoms with Crippen LogP contribution in [0.4, 0.5) is 0 Å². The van der Waals surface area contributed by atoms with Gasteiger partial charge >= 0.3 is 5.97 Å².